The summed E-state index contributed by atoms with van der Waals surface area (Å²) in [5, 5.41) is -0.134. The summed E-state index contributed by atoms with van der Waals surface area (Å²) in [7, 11) is 0. The van der Waals surface area contributed by atoms with Crippen LogP contribution in [0.25, 0.3) is 0 Å². The van der Waals surface area contributed by atoms with Gasteiger partial charge in [0.2, 0.25) is 5.91 Å². The molecule has 0 spiro atoms. The highest BCUT2D eigenvalue weighted by Gasteiger charge is 2.33. The maximum absolute atomic E-state index is 13.5. The molecule has 1 fully saturated rings. The van der Waals surface area contributed by atoms with Crippen LogP contribution in [0.1, 0.15) is 13.3 Å². The molecule has 1 unspecified atom stereocenters. The first-order valence-corrected chi connectivity index (χ1v) is 7.28. The Balaban J connectivity index is 2.25. The van der Waals surface area contributed by atoms with Gasteiger partial charge in [-0.15, -0.1) is 0 Å². The summed E-state index contributed by atoms with van der Waals surface area (Å²) in [5.74, 6) is -0.619. The Morgan fingerprint density at radius 3 is 2.89 bits per heavy atom. The zero-order valence-corrected chi connectivity index (χ0v) is 12.6. The molecule has 0 radical (unpaired) electrons. The summed E-state index contributed by atoms with van der Waals surface area (Å²) in [4.78, 5) is 24.4. The molecular formula is C12H12BrFN2O2S. The number of rotatable bonds is 2. The van der Waals surface area contributed by atoms with E-state index in [9.17, 15) is 14.0 Å². The first-order chi connectivity index (χ1) is 8.88. The second-order valence-corrected chi connectivity index (χ2v) is 6.60. The van der Waals surface area contributed by atoms with Crippen molar-refractivity contribution >= 4 is 50.1 Å². The highest BCUT2D eigenvalue weighted by Crippen LogP contribution is 2.34. The Labute approximate surface area is 122 Å². The number of carbonyl (C=O) groups is 2. The molecule has 4 nitrogen and oxygen atoms in total. The highest BCUT2D eigenvalue weighted by atomic mass is 79.9. The van der Waals surface area contributed by atoms with Gasteiger partial charge in [0.1, 0.15) is 5.82 Å². The quantitative estimate of drug-likeness (QED) is 0.836. The smallest absolute Gasteiger partial charge is 0.228 e. The number of nitrogens with zero attached hydrogens (tertiary/aromatic N) is 1. The molecule has 0 saturated carbocycles. The topological polar surface area (TPSA) is 63.4 Å². The zero-order chi connectivity index (χ0) is 14.2. The van der Waals surface area contributed by atoms with Gasteiger partial charge in [0.25, 0.3) is 0 Å². The van der Waals surface area contributed by atoms with Crippen LogP contribution in [0.4, 0.5) is 15.8 Å². The third kappa shape index (κ3) is 3.09. The first-order valence-electron chi connectivity index (χ1n) is 5.60. The minimum Gasteiger partial charge on any atom is -0.397 e. The van der Waals surface area contributed by atoms with E-state index in [4.69, 9.17) is 5.73 Å². The van der Waals surface area contributed by atoms with Crippen molar-refractivity contribution in [1.82, 2.24) is 0 Å². The van der Waals surface area contributed by atoms with Crippen molar-refractivity contribution < 1.29 is 14.0 Å². The van der Waals surface area contributed by atoms with Crippen LogP contribution in [0.5, 0.6) is 0 Å². The molecule has 1 saturated heterocycles. The molecule has 2 rings (SSSR count). The van der Waals surface area contributed by atoms with Gasteiger partial charge in [-0.3, -0.25) is 9.59 Å². The lowest BCUT2D eigenvalue weighted by molar-refractivity contribution is -0.117. The van der Waals surface area contributed by atoms with Gasteiger partial charge in [0.05, 0.1) is 15.8 Å². The Morgan fingerprint density at radius 2 is 2.26 bits per heavy atom. The van der Waals surface area contributed by atoms with Crippen LogP contribution < -0.4 is 10.6 Å². The molecule has 7 heteroatoms. The summed E-state index contributed by atoms with van der Waals surface area (Å²) in [6.45, 7) is 1.83. The summed E-state index contributed by atoms with van der Waals surface area (Å²) in [6.07, 6.45) is 0.265. The molecule has 1 amide bonds. The van der Waals surface area contributed by atoms with Crippen LogP contribution in [-0.2, 0) is 9.59 Å². The standard InChI is InChI=1S/C12H12BrFN2O2S/c1-6(17)19-7-2-12(18)16(5-7)11-4-9(14)8(13)3-10(11)15/h3-4,7H,2,5,15H2,1H3. The lowest BCUT2D eigenvalue weighted by atomic mass is 10.2. The average Bonchev–Trinajstić information content (AvgIpc) is 2.63. The third-order valence-electron chi connectivity index (χ3n) is 2.78. The number of nitrogen functional groups attached to an aromatic ring is 1. The molecule has 19 heavy (non-hydrogen) atoms. The number of amides is 1. The van der Waals surface area contributed by atoms with E-state index in [1.54, 1.807) is 0 Å². The van der Waals surface area contributed by atoms with Crippen LogP contribution in [-0.4, -0.2) is 22.8 Å². The van der Waals surface area contributed by atoms with Crippen molar-refractivity contribution in [2.45, 2.75) is 18.6 Å². The van der Waals surface area contributed by atoms with Crippen LogP contribution in [0.2, 0.25) is 0 Å². The largest absolute Gasteiger partial charge is 0.397 e. The summed E-state index contributed by atoms with van der Waals surface area (Å²) < 4.78 is 13.8. The minimum absolute atomic E-state index is 0.0328. The van der Waals surface area contributed by atoms with Crippen molar-refractivity contribution in [3.8, 4) is 0 Å². The van der Waals surface area contributed by atoms with Gasteiger partial charge in [-0.25, -0.2) is 4.39 Å². The highest BCUT2D eigenvalue weighted by molar-refractivity contribution is 9.10. The fraction of sp³-hybridized carbons (Fsp3) is 0.333. The van der Waals surface area contributed by atoms with E-state index in [2.05, 4.69) is 15.9 Å². The summed E-state index contributed by atoms with van der Waals surface area (Å²) in [6, 6.07) is 2.67. The number of halogens is 2. The molecule has 0 aliphatic carbocycles. The van der Waals surface area contributed by atoms with Crippen molar-refractivity contribution in [3.63, 3.8) is 0 Å². The number of hydrogen-bond acceptors (Lipinski definition) is 4. The zero-order valence-electron chi connectivity index (χ0n) is 10.2. The Morgan fingerprint density at radius 1 is 1.58 bits per heavy atom. The summed E-state index contributed by atoms with van der Waals surface area (Å²) >= 11 is 4.17. The number of carbonyl (C=O) groups excluding carboxylic acids is 2. The molecule has 0 bridgehead atoms. The second-order valence-electron chi connectivity index (χ2n) is 4.27. The van der Waals surface area contributed by atoms with E-state index < -0.39 is 5.82 Å². The van der Waals surface area contributed by atoms with Crippen molar-refractivity contribution in [3.05, 3.63) is 22.4 Å². The Kier molecular flexibility index (Phi) is 4.15. The van der Waals surface area contributed by atoms with Crippen LogP contribution >= 0.6 is 27.7 Å². The van der Waals surface area contributed by atoms with Gasteiger partial charge in [-0.05, 0) is 22.0 Å². The molecule has 2 N–H and O–H groups in total. The molecule has 0 aromatic heterocycles. The van der Waals surface area contributed by atoms with Gasteiger partial charge < -0.3 is 10.6 Å². The van der Waals surface area contributed by atoms with E-state index in [1.165, 1.54) is 24.0 Å². The Bertz CT molecular complexity index is 553. The van der Waals surface area contributed by atoms with Crippen LogP contribution in [0, 0.1) is 5.82 Å². The fourth-order valence-corrected chi connectivity index (χ4v) is 3.29. The minimum atomic E-state index is -0.473. The van der Waals surface area contributed by atoms with Gasteiger partial charge in [-0.1, -0.05) is 11.8 Å². The number of nitrogens with two attached hydrogens (primary N) is 1. The van der Waals surface area contributed by atoms with Gasteiger partial charge >= 0.3 is 0 Å². The fourth-order valence-electron chi connectivity index (χ4n) is 2.01. The third-order valence-corrected chi connectivity index (χ3v) is 4.37. The SMILES string of the molecule is CC(=O)SC1CC(=O)N(c2cc(F)c(Br)cc2N)C1. The molecule has 1 atom stereocenters. The average molecular weight is 347 g/mol. The maximum Gasteiger partial charge on any atom is 0.228 e. The van der Waals surface area contributed by atoms with Gasteiger partial charge in [0.15, 0.2) is 5.12 Å². The van der Waals surface area contributed by atoms with Crippen LogP contribution in [0.15, 0.2) is 16.6 Å². The molecular weight excluding hydrogens is 335 g/mol. The maximum atomic E-state index is 13.5. The number of hydrogen-bond donors (Lipinski definition) is 1. The lowest BCUT2D eigenvalue weighted by Gasteiger charge is -2.19. The first kappa shape index (κ1) is 14.3. The Hall–Kier alpha value is -1.08. The van der Waals surface area contributed by atoms with Crippen molar-refractivity contribution in [2.75, 3.05) is 17.2 Å². The van der Waals surface area contributed by atoms with E-state index >= 15 is 0 Å². The molecule has 1 aliphatic rings. The van der Waals surface area contributed by atoms with Crippen molar-refractivity contribution in [1.29, 1.82) is 0 Å². The summed E-state index contributed by atoms with van der Waals surface area (Å²) in [5.41, 5.74) is 6.50. The van der Waals surface area contributed by atoms with E-state index in [0.29, 0.717) is 17.9 Å². The monoisotopic (exact) mass is 346 g/mol. The molecule has 1 heterocycles. The van der Waals surface area contributed by atoms with E-state index in [-0.39, 0.29) is 27.2 Å². The van der Waals surface area contributed by atoms with Gasteiger partial charge in [-0.2, -0.15) is 0 Å². The molecule has 1 aliphatic heterocycles. The molecule has 102 valence electrons. The predicted molar refractivity (Wildman–Crippen MR) is 77.5 cm³/mol. The molecule has 1 aromatic rings. The number of anilines is 2. The van der Waals surface area contributed by atoms with E-state index in [0.717, 1.165) is 11.8 Å². The van der Waals surface area contributed by atoms with Gasteiger partial charge in [0, 0.05) is 31.2 Å². The van der Waals surface area contributed by atoms with Crippen molar-refractivity contribution in [2.24, 2.45) is 0 Å². The van der Waals surface area contributed by atoms with Crippen LogP contribution in [0.3, 0.4) is 0 Å². The van der Waals surface area contributed by atoms with E-state index in [1.807, 2.05) is 0 Å². The molecule has 1 aromatic carbocycles. The number of thioether (sulfide) groups is 1. The number of benzene rings is 1. The predicted octanol–water partition coefficient (Wildman–Crippen LogP) is 2.56. The lowest BCUT2D eigenvalue weighted by Crippen LogP contribution is -2.26. The normalized spacial score (nSPS) is 19.0. The second kappa shape index (κ2) is 5.50.